The topological polar surface area (TPSA) is 54.9 Å². The van der Waals surface area contributed by atoms with Crippen LogP contribution in [0, 0.1) is 0 Å². The fraction of sp³-hybridized carbons (Fsp3) is 0. The van der Waals surface area contributed by atoms with Crippen LogP contribution in [0.1, 0.15) is 10.4 Å². The van der Waals surface area contributed by atoms with Crippen molar-refractivity contribution in [3.8, 4) is 0 Å². The van der Waals surface area contributed by atoms with Gasteiger partial charge in [0.15, 0.2) is 5.82 Å². The van der Waals surface area contributed by atoms with Crippen molar-refractivity contribution < 1.29 is 4.79 Å². The van der Waals surface area contributed by atoms with E-state index in [0.717, 1.165) is 0 Å². The summed E-state index contributed by atoms with van der Waals surface area (Å²) >= 11 is 17.4. The van der Waals surface area contributed by atoms with E-state index in [9.17, 15) is 4.79 Å². The number of anilines is 1. The fourth-order valence-corrected chi connectivity index (χ4v) is 1.78. The molecule has 0 spiro atoms. The first kappa shape index (κ1) is 13.1. The first-order chi connectivity index (χ1) is 8.56. The van der Waals surface area contributed by atoms with E-state index < -0.39 is 5.91 Å². The summed E-state index contributed by atoms with van der Waals surface area (Å²) in [5, 5.41) is 3.43. The second-order valence-electron chi connectivity index (χ2n) is 3.31. The van der Waals surface area contributed by atoms with Crippen molar-refractivity contribution in [3.63, 3.8) is 0 Å². The van der Waals surface area contributed by atoms with Gasteiger partial charge in [0, 0.05) is 5.02 Å². The van der Waals surface area contributed by atoms with Gasteiger partial charge >= 0.3 is 0 Å². The number of aromatic nitrogens is 2. The lowest BCUT2D eigenvalue weighted by atomic mass is 10.2. The molecule has 0 atom stereocenters. The molecule has 0 aliphatic heterocycles. The van der Waals surface area contributed by atoms with Gasteiger partial charge in [-0.2, -0.15) is 0 Å². The molecule has 0 unspecified atom stereocenters. The van der Waals surface area contributed by atoms with Crippen molar-refractivity contribution in [1.29, 1.82) is 0 Å². The van der Waals surface area contributed by atoms with Crippen molar-refractivity contribution in [2.45, 2.75) is 0 Å². The zero-order valence-electron chi connectivity index (χ0n) is 8.82. The molecule has 1 N–H and O–H groups in total. The number of hydrogen-bond donors (Lipinski definition) is 1. The minimum absolute atomic E-state index is 0.185. The van der Waals surface area contributed by atoms with Gasteiger partial charge in [0.1, 0.15) is 5.15 Å². The van der Waals surface area contributed by atoms with Crippen LogP contribution in [0.4, 0.5) is 5.82 Å². The molecule has 4 nitrogen and oxygen atoms in total. The predicted octanol–water partition coefficient (Wildman–Crippen LogP) is 3.69. The summed E-state index contributed by atoms with van der Waals surface area (Å²) in [5.41, 5.74) is 0.256. The summed E-state index contributed by atoms with van der Waals surface area (Å²) < 4.78 is 0. The molecule has 2 rings (SSSR count). The van der Waals surface area contributed by atoms with Crippen LogP contribution in [-0.2, 0) is 0 Å². The number of amides is 1. The van der Waals surface area contributed by atoms with Crippen LogP contribution >= 0.6 is 34.8 Å². The summed E-state index contributed by atoms with van der Waals surface area (Å²) in [6.45, 7) is 0. The van der Waals surface area contributed by atoms with Crippen molar-refractivity contribution in [3.05, 3.63) is 51.4 Å². The lowest BCUT2D eigenvalue weighted by Crippen LogP contribution is -2.13. The van der Waals surface area contributed by atoms with Crippen molar-refractivity contribution in [2.24, 2.45) is 0 Å². The van der Waals surface area contributed by atoms with Gasteiger partial charge in [-0.15, -0.1) is 0 Å². The van der Waals surface area contributed by atoms with Gasteiger partial charge in [-0.05, 0) is 18.2 Å². The summed E-state index contributed by atoms with van der Waals surface area (Å²) in [6, 6.07) is 4.61. The molecule has 0 saturated heterocycles. The highest BCUT2D eigenvalue weighted by Gasteiger charge is 2.12. The Morgan fingerprint density at radius 2 is 1.94 bits per heavy atom. The predicted molar refractivity (Wildman–Crippen MR) is 71.5 cm³/mol. The Bertz CT molecular complexity index is 604. The largest absolute Gasteiger partial charge is 0.305 e. The molecule has 0 aliphatic carbocycles. The van der Waals surface area contributed by atoms with Crippen LogP contribution in [0.2, 0.25) is 15.2 Å². The molecule has 2 aromatic rings. The molecule has 0 saturated carbocycles. The summed E-state index contributed by atoms with van der Waals surface area (Å²) in [4.78, 5) is 19.6. The number of carbonyl (C=O) groups is 1. The lowest BCUT2D eigenvalue weighted by Gasteiger charge is -2.06. The molecule has 1 aromatic heterocycles. The second-order valence-corrected chi connectivity index (χ2v) is 4.54. The zero-order valence-corrected chi connectivity index (χ0v) is 11.1. The minimum atomic E-state index is -0.431. The van der Waals surface area contributed by atoms with Crippen LogP contribution in [0.25, 0.3) is 0 Å². The third-order valence-electron chi connectivity index (χ3n) is 2.02. The first-order valence-corrected chi connectivity index (χ1v) is 5.93. The summed E-state index contributed by atoms with van der Waals surface area (Å²) in [5.74, 6) is -0.192. The van der Waals surface area contributed by atoms with Gasteiger partial charge < -0.3 is 5.32 Å². The molecule has 0 radical (unpaired) electrons. The van der Waals surface area contributed by atoms with Gasteiger partial charge in [0.25, 0.3) is 5.91 Å². The quantitative estimate of drug-likeness (QED) is 0.920. The van der Waals surface area contributed by atoms with Gasteiger partial charge in [-0.3, -0.25) is 9.78 Å². The number of rotatable bonds is 2. The third-order valence-corrected chi connectivity index (χ3v) is 2.77. The molecule has 1 heterocycles. The van der Waals surface area contributed by atoms with Crippen LogP contribution in [-0.4, -0.2) is 15.9 Å². The Kier molecular flexibility index (Phi) is 4.01. The van der Waals surface area contributed by atoms with Crippen molar-refractivity contribution in [2.75, 3.05) is 5.32 Å². The molecule has 0 aliphatic rings. The Morgan fingerprint density at radius 1 is 1.17 bits per heavy atom. The van der Waals surface area contributed by atoms with Gasteiger partial charge in [0.2, 0.25) is 0 Å². The van der Waals surface area contributed by atoms with Gasteiger partial charge in [-0.1, -0.05) is 34.8 Å². The number of nitrogens with zero attached hydrogens (tertiary/aromatic N) is 2. The second kappa shape index (κ2) is 5.52. The molecular formula is C11H6Cl3N3O. The number of carbonyl (C=O) groups excluding carboxylic acids is 1. The van der Waals surface area contributed by atoms with Crippen molar-refractivity contribution in [1.82, 2.24) is 9.97 Å². The van der Waals surface area contributed by atoms with E-state index >= 15 is 0 Å². The van der Waals surface area contributed by atoms with E-state index in [1.165, 1.54) is 18.5 Å². The molecular weight excluding hydrogens is 296 g/mol. The smallest absolute Gasteiger partial charge is 0.258 e. The molecule has 92 valence electrons. The monoisotopic (exact) mass is 301 g/mol. The highest BCUT2D eigenvalue weighted by molar-refractivity contribution is 6.36. The standard InChI is InChI=1S/C11H6Cl3N3O/c12-6-1-2-8(13)7(3-6)11(18)17-10-5-15-4-9(14)16-10/h1-5H,(H,16,17,18). The van der Waals surface area contributed by atoms with Crippen molar-refractivity contribution >= 4 is 46.5 Å². The Labute approximate surface area is 118 Å². The Balaban J connectivity index is 2.24. The number of nitrogens with one attached hydrogen (secondary N) is 1. The molecule has 1 amide bonds. The molecule has 18 heavy (non-hydrogen) atoms. The maximum Gasteiger partial charge on any atom is 0.258 e. The highest BCUT2D eigenvalue weighted by Crippen LogP contribution is 2.21. The summed E-state index contributed by atoms with van der Waals surface area (Å²) in [6.07, 6.45) is 2.74. The van der Waals surface area contributed by atoms with E-state index in [4.69, 9.17) is 34.8 Å². The molecule has 0 bridgehead atoms. The van der Waals surface area contributed by atoms with E-state index in [2.05, 4.69) is 15.3 Å². The molecule has 0 fully saturated rings. The van der Waals surface area contributed by atoms with Gasteiger partial charge in [-0.25, -0.2) is 4.98 Å². The van der Waals surface area contributed by atoms with Gasteiger partial charge in [0.05, 0.1) is 23.0 Å². The lowest BCUT2D eigenvalue weighted by molar-refractivity contribution is 0.102. The SMILES string of the molecule is O=C(Nc1cncc(Cl)n1)c1cc(Cl)ccc1Cl. The maximum atomic E-state index is 11.9. The normalized spacial score (nSPS) is 10.2. The summed E-state index contributed by atoms with van der Waals surface area (Å²) in [7, 11) is 0. The third kappa shape index (κ3) is 3.10. The first-order valence-electron chi connectivity index (χ1n) is 4.80. The molecule has 7 heteroatoms. The number of benzene rings is 1. The fourth-order valence-electron chi connectivity index (χ4n) is 1.26. The van der Waals surface area contributed by atoms with E-state index in [-0.39, 0.29) is 16.5 Å². The van der Waals surface area contributed by atoms with E-state index in [0.29, 0.717) is 10.0 Å². The van der Waals surface area contributed by atoms with E-state index in [1.807, 2.05) is 0 Å². The van der Waals surface area contributed by atoms with E-state index in [1.54, 1.807) is 12.1 Å². The zero-order chi connectivity index (χ0) is 13.1. The minimum Gasteiger partial charge on any atom is -0.305 e. The molecule has 1 aromatic carbocycles. The Morgan fingerprint density at radius 3 is 2.67 bits per heavy atom. The average Bonchev–Trinajstić information content (AvgIpc) is 2.32. The Hall–Kier alpha value is -1.36. The average molecular weight is 303 g/mol. The number of halogens is 3. The van der Waals surface area contributed by atoms with Crippen LogP contribution < -0.4 is 5.32 Å². The maximum absolute atomic E-state index is 11.9. The van der Waals surface area contributed by atoms with Crippen LogP contribution in [0.15, 0.2) is 30.6 Å². The van der Waals surface area contributed by atoms with Crippen LogP contribution in [0.3, 0.4) is 0 Å². The number of hydrogen-bond acceptors (Lipinski definition) is 3. The highest BCUT2D eigenvalue weighted by atomic mass is 35.5. The van der Waals surface area contributed by atoms with Crippen LogP contribution in [0.5, 0.6) is 0 Å².